The summed E-state index contributed by atoms with van der Waals surface area (Å²) in [6.45, 7) is 4.23. The minimum Gasteiger partial charge on any atom is -0.507 e. The highest BCUT2D eigenvalue weighted by Crippen LogP contribution is 2.44. The minimum absolute atomic E-state index is 0.0647. The van der Waals surface area contributed by atoms with Crippen molar-refractivity contribution in [3.05, 3.63) is 94.1 Å². The summed E-state index contributed by atoms with van der Waals surface area (Å²) in [7, 11) is 1.56. The molecule has 3 aromatic carbocycles. The zero-order valence-electron chi connectivity index (χ0n) is 21.4. The number of amides is 1. The molecule has 190 valence electrons. The van der Waals surface area contributed by atoms with Gasteiger partial charge in [0.2, 0.25) is 0 Å². The summed E-state index contributed by atoms with van der Waals surface area (Å²) < 4.78 is 11.2. The number of rotatable bonds is 6. The van der Waals surface area contributed by atoms with Gasteiger partial charge < -0.3 is 14.6 Å². The number of anilines is 1. The van der Waals surface area contributed by atoms with Gasteiger partial charge in [0.05, 0.1) is 25.3 Å². The number of ketones is 1. The van der Waals surface area contributed by atoms with Crippen LogP contribution in [0.5, 0.6) is 11.5 Å². The van der Waals surface area contributed by atoms with E-state index in [0.717, 1.165) is 31.2 Å². The standard InChI is InChI=1S/C31H31NO5/c1-4-37-26-18-22(14-15-25(26)36-3)28-27(29(33)23-13-12-20-9-5-6-10-21(20)17-23)30(34)31(35)32(28)24-11-7-8-19(2)16-24/h7-8,11-18,28,33H,4-6,9-10H2,1-3H3/b29-27+. The molecular weight excluding hydrogens is 466 g/mol. The summed E-state index contributed by atoms with van der Waals surface area (Å²) >= 11 is 0. The molecule has 1 fully saturated rings. The van der Waals surface area contributed by atoms with Crippen LogP contribution in [-0.4, -0.2) is 30.5 Å². The van der Waals surface area contributed by atoms with Crippen LogP contribution in [0.25, 0.3) is 5.76 Å². The second kappa shape index (κ2) is 10.1. The Bertz CT molecular complexity index is 1410. The number of hydrogen-bond donors (Lipinski definition) is 1. The molecule has 1 heterocycles. The quantitative estimate of drug-likeness (QED) is 0.260. The number of hydrogen-bond acceptors (Lipinski definition) is 5. The molecule has 0 aromatic heterocycles. The number of Topliss-reactive ketones (excluding diaryl/α,β-unsaturated/α-hetero) is 1. The van der Waals surface area contributed by atoms with E-state index in [2.05, 4.69) is 0 Å². The van der Waals surface area contributed by atoms with Crippen LogP contribution in [0.2, 0.25) is 0 Å². The van der Waals surface area contributed by atoms with E-state index in [1.165, 1.54) is 16.0 Å². The smallest absolute Gasteiger partial charge is 0.300 e. The number of methoxy groups -OCH3 is 1. The topological polar surface area (TPSA) is 76.1 Å². The molecule has 0 bridgehead atoms. The number of fused-ring (bicyclic) bond motifs is 1. The molecule has 6 heteroatoms. The molecule has 0 spiro atoms. The number of carbonyl (C=O) groups is 2. The van der Waals surface area contributed by atoms with Gasteiger partial charge in [-0.05, 0) is 92.1 Å². The van der Waals surface area contributed by atoms with Crippen LogP contribution in [0, 0.1) is 6.92 Å². The molecule has 37 heavy (non-hydrogen) atoms. The monoisotopic (exact) mass is 497 g/mol. The van der Waals surface area contributed by atoms with Crippen molar-refractivity contribution >= 4 is 23.1 Å². The highest BCUT2D eigenvalue weighted by atomic mass is 16.5. The lowest BCUT2D eigenvalue weighted by Gasteiger charge is -2.26. The molecule has 1 aliphatic carbocycles. The van der Waals surface area contributed by atoms with Crippen molar-refractivity contribution in [3.8, 4) is 11.5 Å². The van der Waals surface area contributed by atoms with Crippen LogP contribution in [0.1, 0.15) is 53.6 Å². The van der Waals surface area contributed by atoms with E-state index in [0.29, 0.717) is 34.9 Å². The molecular formula is C31H31NO5. The summed E-state index contributed by atoms with van der Waals surface area (Å²) in [5.41, 5.74) is 5.26. The number of carbonyl (C=O) groups excluding carboxylic acids is 2. The average molecular weight is 498 g/mol. The first-order chi connectivity index (χ1) is 17.9. The lowest BCUT2D eigenvalue weighted by atomic mass is 9.88. The average Bonchev–Trinajstić information content (AvgIpc) is 3.18. The first-order valence-corrected chi connectivity index (χ1v) is 12.7. The number of aliphatic hydroxyl groups is 1. The summed E-state index contributed by atoms with van der Waals surface area (Å²) in [4.78, 5) is 28.5. The van der Waals surface area contributed by atoms with Gasteiger partial charge in [0.1, 0.15) is 5.76 Å². The fourth-order valence-corrected chi connectivity index (χ4v) is 5.36. The van der Waals surface area contributed by atoms with E-state index in [4.69, 9.17) is 9.47 Å². The van der Waals surface area contributed by atoms with E-state index in [-0.39, 0.29) is 11.3 Å². The molecule has 5 rings (SSSR count). The number of aryl methyl sites for hydroxylation is 3. The molecule has 1 unspecified atom stereocenters. The van der Waals surface area contributed by atoms with Gasteiger partial charge in [-0.15, -0.1) is 0 Å². The van der Waals surface area contributed by atoms with Crippen LogP contribution in [0.15, 0.2) is 66.2 Å². The van der Waals surface area contributed by atoms with E-state index < -0.39 is 17.7 Å². The predicted molar refractivity (Wildman–Crippen MR) is 143 cm³/mol. The highest BCUT2D eigenvalue weighted by molar-refractivity contribution is 6.51. The van der Waals surface area contributed by atoms with Crippen LogP contribution >= 0.6 is 0 Å². The van der Waals surface area contributed by atoms with Gasteiger partial charge in [0.25, 0.3) is 11.7 Å². The zero-order valence-corrected chi connectivity index (χ0v) is 21.4. The lowest BCUT2D eigenvalue weighted by Crippen LogP contribution is -2.29. The molecule has 1 amide bonds. The fraction of sp³-hybridized carbons (Fsp3) is 0.290. The van der Waals surface area contributed by atoms with Crippen molar-refractivity contribution in [2.24, 2.45) is 0 Å². The van der Waals surface area contributed by atoms with Crippen molar-refractivity contribution in [3.63, 3.8) is 0 Å². The Kier molecular flexibility index (Phi) is 6.74. The predicted octanol–water partition coefficient (Wildman–Crippen LogP) is 5.91. The van der Waals surface area contributed by atoms with Gasteiger partial charge in [0.15, 0.2) is 11.5 Å². The molecule has 1 N–H and O–H groups in total. The molecule has 6 nitrogen and oxygen atoms in total. The van der Waals surface area contributed by atoms with E-state index in [1.807, 2.05) is 50.2 Å². The van der Waals surface area contributed by atoms with Crippen LogP contribution in [-0.2, 0) is 22.4 Å². The maximum absolute atomic E-state index is 13.5. The molecule has 1 saturated heterocycles. The number of ether oxygens (including phenoxy) is 2. The van der Waals surface area contributed by atoms with Crippen molar-refractivity contribution in [2.45, 2.75) is 45.6 Å². The minimum atomic E-state index is -0.831. The van der Waals surface area contributed by atoms with Crippen LogP contribution in [0.4, 0.5) is 5.69 Å². The van der Waals surface area contributed by atoms with Gasteiger partial charge in [-0.1, -0.05) is 30.3 Å². The summed E-state index contributed by atoms with van der Waals surface area (Å²) in [6, 6.07) is 17.8. The van der Waals surface area contributed by atoms with Gasteiger partial charge in [-0.25, -0.2) is 0 Å². The van der Waals surface area contributed by atoms with Gasteiger partial charge >= 0.3 is 0 Å². The Balaban J connectivity index is 1.71. The molecule has 0 saturated carbocycles. The maximum atomic E-state index is 13.5. The molecule has 2 aliphatic rings. The third-order valence-electron chi connectivity index (χ3n) is 7.15. The van der Waals surface area contributed by atoms with Crippen molar-refractivity contribution in [1.82, 2.24) is 0 Å². The zero-order chi connectivity index (χ0) is 26.1. The Morgan fingerprint density at radius 3 is 2.49 bits per heavy atom. The van der Waals surface area contributed by atoms with Crippen LogP contribution < -0.4 is 14.4 Å². The van der Waals surface area contributed by atoms with Crippen LogP contribution in [0.3, 0.4) is 0 Å². The van der Waals surface area contributed by atoms with Crippen molar-refractivity contribution in [2.75, 3.05) is 18.6 Å². The second-order valence-electron chi connectivity index (χ2n) is 9.54. The molecule has 0 radical (unpaired) electrons. The van der Waals surface area contributed by atoms with E-state index in [9.17, 15) is 14.7 Å². The van der Waals surface area contributed by atoms with E-state index in [1.54, 1.807) is 31.4 Å². The molecule has 1 aliphatic heterocycles. The third-order valence-corrected chi connectivity index (χ3v) is 7.15. The summed E-state index contributed by atoms with van der Waals surface area (Å²) in [5, 5.41) is 11.6. The normalized spacial score (nSPS) is 18.6. The SMILES string of the molecule is CCOc1cc(C2/C(=C(\O)c3ccc4c(c3)CCCC4)C(=O)C(=O)N2c2cccc(C)c2)ccc1OC. The molecule has 3 aromatic rings. The number of nitrogens with zero attached hydrogens (tertiary/aromatic N) is 1. The lowest BCUT2D eigenvalue weighted by molar-refractivity contribution is -0.132. The van der Waals surface area contributed by atoms with E-state index >= 15 is 0 Å². The Morgan fingerprint density at radius 2 is 1.76 bits per heavy atom. The second-order valence-corrected chi connectivity index (χ2v) is 9.54. The highest BCUT2D eigenvalue weighted by Gasteiger charge is 2.47. The number of benzene rings is 3. The van der Waals surface area contributed by atoms with Gasteiger partial charge in [0, 0.05) is 11.3 Å². The van der Waals surface area contributed by atoms with Crippen molar-refractivity contribution in [1.29, 1.82) is 0 Å². The largest absolute Gasteiger partial charge is 0.507 e. The Hall–Kier alpha value is -4.06. The van der Waals surface area contributed by atoms with Gasteiger partial charge in [-0.2, -0.15) is 0 Å². The van der Waals surface area contributed by atoms with Gasteiger partial charge in [-0.3, -0.25) is 14.5 Å². The summed E-state index contributed by atoms with van der Waals surface area (Å²) in [5.74, 6) is -0.501. The fourth-order valence-electron chi connectivity index (χ4n) is 5.36. The third kappa shape index (κ3) is 4.48. The number of aliphatic hydroxyl groups excluding tert-OH is 1. The molecule has 1 atom stereocenters. The first-order valence-electron chi connectivity index (χ1n) is 12.7. The maximum Gasteiger partial charge on any atom is 0.300 e. The Morgan fingerprint density at radius 1 is 0.973 bits per heavy atom. The first kappa shape index (κ1) is 24.6. The summed E-state index contributed by atoms with van der Waals surface area (Å²) in [6.07, 6.45) is 4.20. The van der Waals surface area contributed by atoms with Crippen molar-refractivity contribution < 1.29 is 24.2 Å². The Labute approximate surface area is 217 Å².